The van der Waals surface area contributed by atoms with Crippen LogP contribution in [0.5, 0.6) is 0 Å². The van der Waals surface area contributed by atoms with E-state index in [0.29, 0.717) is 37.0 Å². The third-order valence-electron chi connectivity index (χ3n) is 9.23. The van der Waals surface area contributed by atoms with E-state index in [2.05, 4.69) is 13.8 Å². The van der Waals surface area contributed by atoms with Gasteiger partial charge in [0.15, 0.2) is 17.2 Å². The van der Waals surface area contributed by atoms with Crippen molar-refractivity contribution in [1.82, 2.24) is 0 Å². The van der Waals surface area contributed by atoms with Gasteiger partial charge in [-0.2, -0.15) is 0 Å². The number of ketones is 2. The van der Waals surface area contributed by atoms with Crippen molar-refractivity contribution in [2.45, 2.75) is 91.1 Å². The number of rotatable bonds is 3. The average Bonchev–Trinajstić information content (AvgIpc) is 2.95. The summed E-state index contributed by atoms with van der Waals surface area (Å²) in [6.45, 7) is 7.98. The van der Waals surface area contributed by atoms with Gasteiger partial charge in [-0.25, -0.2) is 0 Å². The number of hydrogen-bond donors (Lipinski definition) is 0. The predicted molar refractivity (Wildman–Crippen MR) is 107 cm³/mol. The summed E-state index contributed by atoms with van der Waals surface area (Å²) in [6, 6.07) is 0. The van der Waals surface area contributed by atoms with E-state index in [1.807, 2.05) is 6.08 Å². The summed E-state index contributed by atoms with van der Waals surface area (Å²) >= 11 is 0. The molecular weight excluding hydrogens is 352 g/mol. The summed E-state index contributed by atoms with van der Waals surface area (Å²) in [5, 5.41) is 0. The molecule has 4 nitrogen and oxygen atoms in total. The zero-order valence-electron chi connectivity index (χ0n) is 17.8. The average molecular weight is 387 g/mol. The van der Waals surface area contributed by atoms with Crippen molar-refractivity contribution in [3.8, 4) is 0 Å². The Morgan fingerprint density at radius 1 is 1.07 bits per heavy atom. The van der Waals surface area contributed by atoms with Crippen LogP contribution in [0.2, 0.25) is 0 Å². The summed E-state index contributed by atoms with van der Waals surface area (Å²) in [5.41, 5.74) is 0.267. The number of allylic oxidation sites excluding steroid dienone is 1. The van der Waals surface area contributed by atoms with Gasteiger partial charge in [-0.15, -0.1) is 0 Å². The van der Waals surface area contributed by atoms with E-state index < -0.39 is 5.60 Å². The highest BCUT2D eigenvalue weighted by atomic mass is 16.6. The Kier molecular flexibility index (Phi) is 4.63. The number of fused-ring (bicyclic) bond motifs is 5. The van der Waals surface area contributed by atoms with Gasteiger partial charge in [0.1, 0.15) is 0 Å². The van der Waals surface area contributed by atoms with Crippen LogP contribution in [0.15, 0.2) is 11.6 Å². The quantitative estimate of drug-likeness (QED) is 0.654. The van der Waals surface area contributed by atoms with Gasteiger partial charge in [-0.1, -0.05) is 26.3 Å². The molecule has 0 aromatic rings. The second-order valence-electron chi connectivity index (χ2n) is 10.2. The Balaban J connectivity index is 1.69. The van der Waals surface area contributed by atoms with Gasteiger partial charge in [0.05, 0.1) is 0 Å². The smallest absolute Gasteiger partial charge is 0.306 e. The molecule has 0 heterocycles. The van der Waals surface area contributed by atoms with Gasteiger partial charge in [-0.05, 0) is 81.1 Å². The van der Waals surface area contributed by atoms with Crippen LogP contribution in [0, 0.1) is 28.6 Å². The fourth-order valence-electron chi connectivity index (χ4n) is 7.64. The molecule has 0 aromatic carbocycles. The molecule has 4 aliphatic carbocycles. The van der Waals surface area contributed by atoms with Crippen LogP contribution in [0.4, 0.5) is 0 Å². The third kappa shape index (κ3) is 2.52. The molecule has 0 unspecified atom stereocenters. The monoisotopic (exact) mass is 386 g/mol. The number of ether oxygens (including phenoxy) is 1. The minimum Gasteiger partial charge on any atom is -0.450 e. The molecule has 0 aliphatic heterocycles. The zero-order valence-corrected chi connectivity index (χ0v) is 17.8. The Morgan fingerprint density at radius 2 is 1.79 bits per heavy atom. The van der Waals surface area contributed by atoms with E-state index >= 15 is 0 Å². The first kappa shape index (κ1) is 19.8. The van der Waals surface area contributed by atoms with Crippen LogP contribution in [0.3, 0.4) is 0 Å². The maximum atomic E-state index is 12.8. The summed E-state index contributed by atoms with van der Waals surface area (Å²) < 4.78 is 5.96. The van der Waals surface area contributed by atoms with Gasteiger partial charge in [-0.3, -0.25) is 14.4 Å². The van der Waals surface area contributed by atoms with E-state index in [4.69, 9.17) is 4.74 Å². The molecule has 0 saturated heterocycles. The van der Waals surface area contributed by atoms with Crippen LogP contribution in [0.1, 0.15) is 85.5 Å². The highest BCUT2D eigenvalue weighted by Crippen LogP contribution is 2.68. The lowest BCUT2D eigenvalue weighted by Gasteiger charge is -2.59. The van der Waals surface area contributed by atoms with Gasteiger partial charge in [0, 0.05) is 18.3 Å². The van der Waals surface area contributed by atoms with Crippen molar-refractivity contribution in [2.75, 3.05) is 0 Å². The number of carbonyl (C=O) groups is 3. The van der Waals surface area contributed by atoms with Crippen molar-refractivity contribution < 1.29 is 19.1 Å². The molecule has 0 radical (unpaired) electrons. The van der Waals surface area contributed by atoms with Crippen molar-refractivity contribution >= 4 is 17.5 Å². The molecule has 28 heavy (non-hydrogen) atoms. The van der Waals surface area contributed by atoms with E-state index in [0.717, 1.165) is 38.5 Å². The zero-order chi connectivity index (χ0) is 20.3. The van der Waals surface area contributed by atoms with Crippen molar-refractivity contribution in [3.05, 3.63) is 11.6 Å². The first-order valence-corrected chi connectivity index (χ1v) is 11.1. The van der Waals surface area contributed by atoms with E-state index in [-0.39, 0.29) is 28.4 Å². The molecule has 0 amide bonds. The second-order valence-corrected chi connectivity index (χ2v) is 10.2. The maximum Gasteiger partial charge on any atom is 0.306 e. The summed E-state index contributed by atoms with van der Waals surface area (Å²) in [4.78, 5) is 37.1. The van der Waals surface area contributed by atoms with Crippen molar-refractivity contribution in [3.63, 3.8) is 0 Å². The molecule has 0 bridgehead atoms. The second kappa shape index (κ2) is 6.53. The number of hydrogen-bond acceptors (Lipinski definition) is 4. The normalized spacial score (nSPS) is 44.8. The molecule has 4 aliphatic rings. The lowest BCUT2D eigenvalue weighted by atomic mass is 9.46. The molecule has 4 heteroatoms. The molecule has 154 valence electrons. The van der Waals surface area contributed by atoms with Gasteiger partial charge >= 0.3 is 5.97 Å². The number of esters is 1. The van der Waals surface area contributed by atoms with Crippen LogP contribution < -0.4 is 0 Å². The standard InChI is InChI=1S/C24H34O4/c1-5-21(27)28-24(15(2)25)13-10-20-18-7-6-16-14-17(26)8-11-22(16,3)19(18)9-12-23(20,24)4/h14,18-20H,5-13H2,1-4H3/t18-,19-,20+,22-,23-,24-/m0/s1. The topological polar surface area (TPSA) is 60.4 Å². The van der Waals surface area contributed by atoms with E-state index in [1.165, 1.54) is 5.57 Å². The minimum absolute atomic E-state index is 0.0172. The van der Waals surface area contributed by atoms with Crippen LogP contribution in [-0.2, 0) is 19.1 Å². The van der Waals surface area contributed by atoms with Crippen molar-refractivity contribution in [2.24, 2.45) is 28.6 Å². The maximum absolute atomic E-state index is 12.8. The fourth-order valence-corrected chi connectivity index (χ4v) is 7.64. The minimum atomic E-state index is -0.949. The van der Waals surface area contributed by atoms with E-state index in [9.17, 15) is 14.4 Å². The molecule has 3 saturated carbocycles. The summed E-state index contributed by atoms with van der Waals surface area (Å²) in [7, 11) is 0. The SMILES string of the molecule is CCC(=O)O[C@]1(C(C)=O)CC[C@@H]2[C@H]3CCC4=CC(=O)CC[C@]4(C)[C@H]3CC[C@@]21C. The van der Waals surface area contributed by atoms with Gasteiger partial charge in [0.25, 0.3) is 0 Å². The van der Waals surface area contributed by atoms with Crippen LogP contribution >= 0.6 is 0 Å². The third-order valence-corrected chi connectivity index (χ3v) is 9.23. The first-order valence-electron chi connectivity index (χ1n) is 11.1. The predicted octanol–water partition coefficient (Wildman–Crippen LogP) is 4.80. The lowest BCUT2D eigenvalue weighted by molar-refractivity contribution is -0.188. The van der Waals surface area contributed by atoms with Crippen molar-refractivity contribution in [1.29, 1.82) is 0 Å². The Bertz CT molecular complexity index is 752. The molecule has 0 aromatic heterocycles. The largest absolute Gasteiger partial charge is 0.450 e. The first-order chi connectivity index (χ1) is 13.2. The van der Waals surface area contributed by atoms with Gasteiger partial charge in [0.2, 0.25) is 0 Å². The van der Waals surface area contributed by atoms with Crippen LogP contribution in [-0.4, -0.2) is 23.1 Å². The Hall–Kier alpha value is -1.45. The van der Waals surface area contributed by atoms with E-state index in [1.54, 1.807) is 13.8 Å². The Morgan fingerprint density at radius 3 is 2.46 bits per heavy atom. The number of Topliss-reactive ketones (excluding diaryl/α,β-unsaturated/α-hetero) is 1. The summed E-state index contributed by atoms with van der Waals surface area (Å²) in [5.74, 6) is 1.58. The number of carbonyl (C=O) groups excluding carboxylic acids is 3. The fraction of sp³-hybridized carbons (Fsp3) is 0.792. The highest BCUT2D eigenvalue weighted by molar-refractivity contribution is 5.91. The molecule has 3 fully saturated rings. The highest BCUT2D eigenvalue weighted by Gasteiger charge is 2.67. The van der Waals surface area contributed by atoms with Crippen LogP contribution in [0.25, 0.3) is 0 Å². The summed E-state index contributed by atoms with van der Waals surface area (Å²) in [6.07, 6.45) is 9.56. The molecular formula is C24H34O4. The molecule has 0 spiro atoms. The lowest BCUT2D eigenvalue weighted by Crippen LogP contribution is -2.58. The van der Waals surface area contributed by atoms with Gasteiger partial charge < -0.3 is 4.74 Å². The molecule has 6 atom stereocenters. The Labute approximate surface area is 168 Å². The molecule has 4 rings (SSSR count). The molecule has 0 N–H and O–H groups in total.